The Morgan fingerprint density at radius 1 is 0.696 bits per heavy atom. The van der Waals surface area contributed by atoms with E-state index in [4.69, 9.17) is 0 Å². The van der Waals surface area contributed by atoms with Crippen molar-refractivity contribution in [2.24, 2.45) is 0 Å². The van der Waals surface area contributed by atoms with E-state index in [1.807, 2.05) is 30.3 Å². The highest BCUT2D eigenvalue weighted by Crippen LogP contribution is 2.22. The third-order valence-electron chi connectivity index (χ3n) is 3.61. The van der Waals surface area contributed by atoms with Gasteiger partial charge in [0.25, 0.3) is 0 Å². The average Bonchev–Trinajstić information content (AvgIpc) is 2.60. The van der Waals surface area contributed by atoms with E-state index in [0.717, 1.165) is 27.4 Å². The molecule has 4 rings (SSSR count). The number of pyridine rings is 2. The lowest BCUT2D eigenvalue weighted by Crippen LogP contribution is -1.87. The highest BCUT2D eigenvalue weighted by Gasteiger charge is 2.02. The molecule has 4 aromatic rings. The van der Waals surface area contributed by atoms with E-state index in [-0.39, 0.29) is 5.82 Å². The van der Waals surface area contributed by atoms with E-state index in [0.29, 0.717) is 5.56 Å². The molecule has 0 spiro atoms. The highest BCUT2D eigenvalue weighted by molar-refractivity contribution is 6.04. The number of para-hydroxylation sites is 1. The summed E-state index contributed by atoms with van der Waals surface area (Å²) in [4.78, 5) is 8.82. The number of fused-ring (bicyclic) bond motifs is 3. The van der Waals surface area contributed by atoms with Gasteiger partial charge in [-0.3, -0.25) is 9.97 Å². The Morgan fingerprint density at radius 3 is 2.43 bits per heavy atom. The molecule has 0 aliphatic heterocycles. The molecule has 0 aliphatic carbocycles. The highest BCUT2D eigenvalue weighted by atomic mass is 19.1. The van der Waals surface area contributed by atoms with Crippen LogP contribution in [-0.2, 0) is 0 Å². The summed E-state index contributed by atoms with van der Waals surface area (Å²) in [6.07, 6.45) is 3.48. The second kappa shape index (κ2) is 5.51. The van der Waals surface area contributed by atoms with Gasteiger partial charge in [-0.1, -0.05) is 36.1 Å². The van der Waals surface area contributed by atoms with E-state index in [1.165, 1.54) is 12.1 Å². The summed E-state index contributed by atoms with van der Waals surface area (Å²) in [6, 6.07) is 16.2. The molecule has 2 nitrogen and oxygen atoms in total. The van der Waals surface area contributed by atoms with Gasteiger partial charge in [-0.2, -0.15) is 0 Å². The normalized spacial score (nSPS) is 10.5. The van der Waals surface area contributed by atoms with Crippen molar-refractivity contribution in [2.45, 2.75) is 0 Å². The molecule has 2 aromatic heterocycles. The Labute approximate surface area is 132 Å². The predicted molar refractivity (Wildman–Crippen MR) is 89.4 cm³/mol. The van der Waals surface area contributed by atoms with Crippen LogP contribution < -0.4 is 0 Å². The zero-order valence-electron chi connectivity index (χ0n) is 12.1. The minimum atomic E-state index is -0.287. The molecule has 108 valence electrons. The third-order valence-corrected chi connectivity index (χ3v) is 3.61. The first-order valence-corrected chi connectivity index (χ1v) is 7.21. The molecule has 23 heavy (non-hydrogen) atoms. The van der Waals surface area contributed by atoms with Gasteiger partial charge in [0, 0.05) is 28.1 Å². The molecule has 0 saturated carbocycles. The first-order chi connectivity index (χ1) is 11.3. The number of hydrogen-bond acceptors (Lipinski definition) is 2. The van der Waals surface area contributed by atoms with Crippen molar-refractivity contribution < 1.29 is 4.39 Å². The van der Waals surface area contributed by atoms with Crippen molar-refractivity contribution >= 4 is 21.8 Å². The number of rotatable bonds is 0. The number of benzene rings is 2. The molecule has 0 bridgehead atoms. The molecular formula is C20H11FN2. The van der Waals surface area contributed by atoms with Crippen molar-refractivity contribution in [3.63, 3.8) is 0 Å². The minimum Gasteiger partial charge on any atom is -0.254 e. The zero-order chi connectivity index (χ0) is 15.6. The second-order valence-corrected chi connectivity index (χ2v) is 5.19. The average molecular weight is 298 g/mol. The lowest BCUT2D eigenvalue weighted by molar-refractivity contribution is 0.627. The fourth-order valence-corrected chi connectivity index (χ4v) is 2.52. The van der Waals surface area contributed by atoms with Crippen molar-refractivity contribution in [2.75, 3.05) is 0 Å². The quantitative estimate of drug-likeness (QED) is 0.357. The van der Waals surface area contributed by atoms with Gasteiger partial charge in [-0.15, -0.1) is 0 Å². The minimum absolute atomic E-state index is 0.287. The molecule has 0 unspecified atom stereocenters. The maximum absolute atomic E-state index is 13.2. The Morgan fingerprint density at radius 2 is 1.52 bits per heavy atom. The van der Waals surface area contributed by atoms with E-state index in [2.05, 4.69) is 21.8 Å². The van der Waals surface area contributed by atoms with Gasteiger partial charge in [0.15, 0.2) is 0 Å². The zero-order valence-corrected chi connectivity index (χ0v) is 12.1. The summed E-state index contributed by atoms with van der Waals surface area (Å²) >= 11 is 0. The van der Waals surface area contributed by atoms with Crippen LogP contribution >= 0.6 is 0 Å². The number of nitrogens with zero attached hydrogens (tertiary/aromatic N) is 2. The predicted octanol–water partition coefficient (Wildman–Crippen LogP) is 4.32. The molecule has 0 N–H and O–H groups in total. The second-order valence-electron chi connectivity index (χ2n) is 5.19. The van der Waals surface area contributed by atoms with Crippen LogP contribution in [0.5, 0.6) is 0 Å². The van der Waals surface area contributed by atoms with E-state index >= 15 is 0 Å². The van der Waals surface area contributed by atoms with Crippen LogP contribution in [0, 0.1) is 17.7 Å². The van der Waals surface area contributed by atoms with Crippen molar-refractivity contribution in [1.82, 2.24) is 9.97 Å². The molecule has 0 amide bonds. The molecule has 0 atom stereocenters. The van der Waals surface area contributed by atoms with E-state index < -0.39 is 0 Å². The lowest BCUT2D eigenvalue weighted by Gasteiger charge is -2.02. The molecule has 0 saturated heterocycles. The van der Waals surface area contributed by atoms with Gasteiger partial charge < -0.3 is 0 Å². The fourth-order valence-electron chi connectivity index (χ4n) is 2.52. The van der Waals surface area contributed by atoms with E-state index in [1.54, 1.807) is 24.5 Å². The number of hydrogen-bond donors (Lipinski definition) is 0. The maximum Gasteiger partial charge on any atom is 0.124 e. The largest absolute Gasteiger partial charge is 0.254 e. The Kier molecular flexibility index (Phi) is 3.21. The van der Waals surface area contributed by atoms with Crippen LogP contribution in [0.2, 0.25) is 0 Å². The topological polar surface area (TPSA) is 25.8 Å². The van der Waals surface area contributed by atoms with Gasteiger partial charge in [-0.05, 0) is 30.3 Å². The molecule has 0 radical (unpaired) electrons. The molecule has 2 heterocycles. The van der Waals surface area contributed by atoms with E-state index in [9.17, 15) is 4.39 Å². The summed E-state index contributed by atoms with van der Waals surface area (Å²) in [5, 5.41) is 2.06. The van der Waals surface area contributed by atoms with Gasteiger partial charge in [0.05, 0.1) is 17.2 Å². The van der Waals surface area contributed by atoms with Crippen molar-refractivity contribution in [1.29, 1.82) is 0 Å². The van der Waals surface area contributed by atoms with Crippen LogP contribution in [0.3, 0.4) is 0 Å². The van der Waals surface area contributed by atoms with Gasteiger partial charge in [0.1, 0.15) is 5.82 Å². The Bertz CT molecular complexity index is 1090. The van der Waals surface area contributed by atoms with Crippen LogP contribution in [0.4, 0.5) is 4.39 Å². The molecular weight excluding hydrogens is 287 g/mol. The molecule has 2 aromatic carbocycles. The smallest absolute Gasteiger partial charge is 0.124 e. The summed E-state index contributed by atoms with van der Waals surface area (Å²) < 4.78 is 13.2. The standard InChI is InChI=1S/C20H11FN2/c21-16-5-3-4-14(10-16)8-9-15-11-18-17-6-1-2-7-19(17)23-13-20(18)22-12-15/h1-7,10-13H. The molecule has 0 fully saturated rings. The van der Waals surface area contributed by atoms with Crippen LogP contribution in [0.1, 0.15) is 11.1 Å². The van der Waals surface area contributed by atoms with Gasteiger partial charge in [0.2, 0.25) is 0 Å². The fraction of sp³-hybridized carbons (Fsp3) is 0. The van der Waals surface area contributed by atoms with Gasteiger partial charge in [-0.25, -0.2) is 4.39 Å². The SMILES string of the molecule is Fc1cccc(C#Cc2cnc3cnc4ccccc4c3c2)c1. The molecule has 0 aliphatic rings. The van der Waals surface area contributed by atoms with Crippen LogP contribution in [0.25, 0.3) is 21.8 Å². The maximum atomic E-state index is 13.2. The molecule has 3 heteroatoms. The van der Waals surface area contributed by atoms with Crippen LogP contribution in [0.15, 0.2) is 67.0 Å². The summed E-state index contributed by atoms with van der Waals surface area (Å²) in [5.41, 5.74) is 3.19. The summed E-state index contributed by atoms with van der Waals surface area (Å²) in [5.74, 6) is 5.73. The summed E-state index contributed by atoms with van der Waals surface area (Å²) in [7, 11) is 0. The third kappa shape index (κ3) is 2.63. The van der Waals surface area contributed by atoms with Crippen molar-refractivity contribution in [3.8, 4) is 11.8 Å². The lowest BCUT2D eigenvalue weighted by atomic mass is 10.1. The Hall–Kier alpha value is -3.25. The number of aromatic nitrogens is 2. The van der Waals surface area contributed by atoms with Crippen LogP contribution in [-0.4, -0.2) is 9.97 Å². The Balaban J connectivity index is 1.84. The van der Waals surface area contributed by atoms with Crippen molar-refractivity contribution in [3.05, 3.63) is 83.9 Å². The first kappa shape index (κ1) is 13.4. The monoisotopic (exact) mass is 298 g/mol. The number of halogens is 1. The van der Waals surface area contributed by atoms with Gasteiger partial charge >= 0.3 is 0 Å². The first-order valence-electron chi connectivity index (χ1n) is 7.21. The summed E-state index contributed by atoms with van der Waals surface area (Å²) in [6.45, 7) is 0.